The number of hydrogen-bond donors (Lipinski definition) is 1. The summed E-state index contributed by atoms with van der Waals surface area (Å²) in [6.45, 7) is 6.97. The molecule has 5 heteroatoms. The number of benzene rings is 1. The molecule has 1 aliphatic carbocycles. The number of likely N-dealkylation sites (tertiary alicyclic amines) is 1. The molecule has 3 rings (SSSR count). The summed E-state index contributed by atoms with van der Waals surface area (Å²) in [7, 11) is 1.68. The number of nitrogens with zero attached hydrogens (tertiary/aromatic N) is 1. The molecule has 0 radical (unpaired) electrons. The first-order valence-corrected chi connectivity index (χ1v) is 9.54. The lowest BCUT2D eigenvalue weighted by molar-refractivity contribution is -0.0217. The van der Waals surface area contributed by atoms with Crippen molar-refractivity contribution in [3.63, 3.8) is 0 Å². The number of rotatable bonds is 2. The molecule has 1 unspecified atom stereocenters. The van der Waals surface area contributed by atoms with Gasteiger partial charge in [-0.3, -0.25) is 0 Å². The van der Waals surface area contributed by atoms with E-state index in [1.807, 2.05) is 37.8 Å². The van der Waals surface area contributed by atoms with Gasteiger partial charge in [0.25, 0.3) is 0 Å². The lowest BCUT2D eigenvalue weighted by Gasteiger charge is -2.52. The fraction of sp³-hybridized carbons (Fsp3) is 0.667. The van der Waals surface area contributed by atoms with Crippen LogP contribution in [0.5, 0.6) is 5.75 Å². The van der Waals surface area contributed by atoms with Crippen molar-refractivity contribution in [2.45, 2.75) is 63.6 Å². The Morgan fingerprint density at radius 3 is 2.77 bits per heavy atom. The van der Waals surface area contributed by atoms with Crippen LogP contribution in [-0.2, 0) is 10.2 Å². The first kappa shape index (κ1) is 19.0. The topological polar surface area (TPSA) is 59.0 Å². The highest BCUT2D eigenvalue weighted by molar-refractivity contribution is 5.68. The normalized spacial score (nSPS) is 29.0. The highest BCUT2D eigenvalue weighted by atomic mass is 16.6. The van der Waals surface area contributed by atoms with E-state index in [1.54, 1.807) is 7.11 Å². The van der Waals surface area contributed by atoms with Crippen molar-refractivity contribution in [3.05, 3.63) is 29.8 Å². The van der Waals surface area contributed by atoms with Crippen molar-refractivity contribution < 1.29 is 19.4 Å². The van der Waals surface area contributed by atoms with Crippen molar-refractivity contribution in [3.8, 4) is 5.75 Å². The molecule has 5 nitrogen and oxygen atoms in total. The van der Waals surface area contributed by atoms with Crippen LogP contribution in [0.15, 0.2) is 24.3 Å². The standard InChI is InChI=1S/C21H31NO4/c1-20(2,3)26-19(24)22-11-10-21(9-8-17(23)12-16(21)14-22)15-6-5-7-18(13-15)25-4/h5-7,13,16-17,23H,8-12,14H2,1-4H3/t16-,17?,21-/m0/s1. The summed E-state index contributed by atoms with van der Waals surface area (Å²) in [6, 6.07) is 8.28. The Labute approximate surface area is 156 Å². The summed E-state index contributed by atoms with van der Waals surface area (Å²) < 4.78 is 11.0. The number of piperidine rings is 1. The molecule has 1 aromatic rings. The van der Waals surface area contributed by atoms with E-state index in [2.05, 4.69) is 12.1 Å². The summed E-state index contributed by atoms with van der Waals surface area (Å²) in [4.78, 5) is 14.3. The Hall–Kier alpha value is -1.75. The van der Waals surface area contributed by atoms with Gasteiger partial charge in [-0.25, -0.2) is 4.79 Å². The first-order chi connectivity index (χ1) is 12.2. The Kier molecular flexibility index (Phi) is 5.20. The predicted octanol–water partition coefficient (Wildman–Crippen LogP) is 3.73. The third-order valence-corrected chi connectivity index (χ3v) is 5.83. The van der Waals surface area contributed by atoms with Gasteiger partial charge >= 0.3 is 6.09 Å². The van der Waals surface area contributed by atoms with Gasteiger partial charge in [0.15, 0.2) is 0 Å². The van der Waals surface area contributed by atoms with Crippen LogP contribution in [0.3, 0.4) is 0 Å². The van der Waals surface area contributed by atoms with E-state index in [-0.39, 0.29) is 23.5 Å². The van der Waals surface area contributed by atoms with E-state index in [0.29, 0.717) is 13.1 Å². The molecule has 3 atom stereocenters. The van der Waals surface area contributed by atoms with Crippen LogP contribution < -0.4 is 4.74 Å². The number of aliphatic hydroxyl groups excluding tert-OH is 1. The lowest BCUT2D eigenvalue weighted by atomic mass is 9.58. The van der Waals surface area contributed by atoms with Gasteiger partial charge in [-0.1, -0.05) is 12.1 Å². The molecular weight excluding hydrogens is 330 g/mol. The summed E-state index contributed by atoms with van der Waals surface area (Å²) in [5.41, 5.74) is 0.758. The average molecular weight is 361 g/mol. The first-order valence-electron chi connectivity index (χ1n) is 9.54. The monoisotopic (exact) mass is 361 g/mol. The van der Waals surface area contributed by atoms with Gasteiger partial charge in [-0.15, -0.1) is 0 Å². The molecule has 2 fully saturated rings. The number of aliphatic hydroxyl groups is 1. The van der Waals surface area contributed by atoms with Gasteiger partial charge in [-0.05, 0) is 70.1 Å². The smallest absolute Gasteiger partial charge is 0.410 e. The van der Waals surface area contributed by atoms with Crippen molar-refractivity contribution >= 4 is 6.09 Å². The molecule has 144 valence electrons. The number of ether oxygens (including phenoxy) is 2. The molecule has 1 aromatic carbocycles. The van der Waals surface area contributed by atoms with Crippen LogP contribution >= 0.6 is 0 Å². The maximum atomic E-state index is 12.5. The van der Waals surface area contributed by atoms with E-state index < -0.39 is 5.60 Å². The summed E-state index contributed by atoms with van der Waals surface area (Å²) in [5, 5.41) is 10.3. The summed E-state index contributed by atoms with van der Waals surface area (Å²) in [5.74, 6) is 1.08. The highest BCUT2D eigenvalue weighted by Crippen LogP contribution is 2.49. The molecule has 1 N–H and O–H groups in total. The third kappa shape index (κ3) is 3.83. The number of carbonyl (C=O) groups excluding carboxylic acids is 1. The number of fused-ring (bicyclic) bond motifs is 1. The van der Waals surface area contributed by atoms with Crippen LogP contribution in [0.25, 0.3) is 0 Å². The second-order valence-corrected chi connectivity index (χ2v) is 8.69. The Bertz CT molecular complexity index is 654. The van der Waals surface area contributed by atoms with E-state index in [9.17, 15) is 9.90 Å². The van der Waals surface area contributed by atoms with Gasteiger partial charge in [0.05, 0.1) is 13.2 Å². The number of amides is 1. The van der Waals surface area contributed by atoms with Gasteiger partial charge in [-0.2, -0.15) is 0 Å². The zero-order chi connectivity index (χ0) is 18.9. The van der Waals surface area contributed by atoms with Crippen molar-refractivity contribution in [2.75, 3.05) is 20.2 Å². The molecule has 1 saturated carbocycles. The van der Waals surface area contributed by atoms with Gasteiger partial charge in [0.2, 0.25) is 0 Å². The van der Waals surface area contributed by atoms with E-state index in [4.69, 9.17) is 9.47 Å². The second kappa shape index (κ2) is 7.10. The van der Waals surface area contributed by atoms with E-state index in [0.717, 1.165) is 31.4 Å². The fourth-order valence-electron chi connectivity index (χ4n) is 4.52. The molecule has 1 saturated heterocycles. The second-order valence-electron chi connectivity index (χ2n) is 8.69. The minimum absolute atomic E-state index is 0.00766. The SMILES string of the molecule is COc1cccc([C@@]23CCC(O)C[C@H]2CN(C(=O)OC(C)(C)C)CC3)c1. The molecule has 2 aliphatic rings. The maximum absolute atomic E-state index is 12.5. The Morgan fingerprint density at radius 1 is 1.31 bits per heavy atom. The molecule has 1 heterocycles. The zero-order valence-corrected chi connectivity index (χ0v) is 16.3. The molecule has 26 heavy (non-hydrogen) atoms. The van der Waals surface area contributed by atoms with Crippen molar-refractivity contribution in [2.24, 2.45) is 5.92 Å². The quantitative estimate of drug-likeness (QED) is 0.872. The minimum atomic E-state index is -0.496. The maximum Gasteiger partial charge on any atom is 0.410 e. The minimum Gasteiger partial charge on any atom is -0.497 e. The Morgan fingerprint density at radius 2 is 2.08 bits per heavy atom. The highest BCUT2D eigenvalue weighted by Gasteiger charge is 2.48. The van der Waals surface area contributed by atoms with Crippen LogP contribution in [0.1, 0.15) is 52.0 Å². The van der Waals surface area contributed by atoms with Gasteiger partial charge < -0.3 is 19.5 Å². The Balaban J connectivity index is 1.85. The van der Waals surface area contributed by atoms with Gasteiger partial charge in [0, 0.05) is 18.5 Å². The number of methoxy groups -OCH3 is 1. The van der Waals surface area contributed by atoms with Crippen molar-refractivity contribution in [1.82, 2.24) is 4.90 Å². The molecule has 0 aromatic heterocycles. The fourth-order valence-corrected chi connectivity index (χ4v) is 4.52. The van der Waals surface area contributed by atoms with Gasteiger partial charge in [0.1, 0.15) is 11.4 Å². The molecule has 1 amide bonds. The van der Waals surface area contributed by atoms with Crippen molar-refractivity contribution in [1.29, 1.82) is 0 Å². The number of hydrogen-bond acceptors (Lipinski definition) is 4. The van der Waals surface area contributed by atoms with E-state index in [1.165, 1.54) is 5.56 Å². The zero-order valence-electron chi connectivity index (χ0n) is 16.3. The summed E-state index contributed by atoms with van der Waals surface area (Å²) in [6.07, 6.45) is 2.80. The molecule has 1 aliphatic heterocycles. The molecule has 0 spiro atoms. The van der Waals surface area contributed by atoms with Crippen LogP contribution in [0, 0.1) is 5.92 Å². The summed E-state index contributed by atoms with van der Waals surface area (Å²) >= 11 is 0. The van der Waals surface area contributed by atoms with Crippen LogP contribution in [0.2, 0.25) is 0 Å². The largest absolute Gasteiger partial charge is 0.497 e. The predicted molar refractivity (Wildman–Crippen MR) is 100 cm³/mol. The third-order valence-electron chi connectivity index (χ3n) is 5.83. The van der Waals surface area contributed by atoms with Crippen LogP contribution in [-0.4, -0.2) is 48.0 Å². The molecule has 0 bridgehead atoms. The lowest BCUT2D eigenvalue weighted by Crippen LogP contribution is -2.55. The van der Waals surface area contributed by atoms with E-state index >= 15 is 0 Å². The average Bonchev–Trinajstić information content (AvgIpc) is 2.59. The molecular formula is C21H31NO4. The number of carbonyl (C=O) groups is 1. The van der Waals surface area contributed by atoms with Crippen LogP contribution in [0.4, 0.5) is 4.79 Å².